The van der Waals surface area contributed by atoms with Crippen LogP contribution in [0.15, 0.2) is 0 Å². The minimum absolute atomic E-state index is 0.0895. The second-order valence-electron chi connectivity index (χ2n) is 5.05. The Bertz CT molecular complexity index is 435. The molecular weight excluding hydrogens is 300 g/mol. The second-order valence-corrected chi connectivity index (χ2v) is 6.97. The molecule has 0 atom stereocenters. The lowest BCUT2D eigenvalue weighted by Crippen LogP contribution is -2.44. The second kappa shape index (κ2) is 9.69. The van der Waals surface area contributed by atoms with Crippen molar-refractivity contribution in [3.05, 3.63) is 0 Å². The third kappa shape index (κ3) is 10.2. The Labute approximate surface area is 125 Å². The zero-order chi connectivity index (χ0) is 16.5. The summed E-state index contributed by atoms with van der Waals surface area (Å²) in [5, 5.41) is 8.77. The quantitative estimate of drug-likeness (QED) is 0.496. The van der Waals surface area contributed by atoms with Gasteiger partial charge < -0.3 is 14.7 Å². The monoisotopic (exact) mass is 324 g/mol. The Kier molecular flexibility index (Phi) is 9.14. The summed E-state index contributed by atoms with van der Waals surface area (Å²) in [6.45, 7) is 3.38. The van der Waals surface area contributed by atoms with Crippen molar-refractivity contribution in [1.29, 1.82) is 0 Å². The Hall–Kier alpha value is -1.19. The van der Waals surface area contributed by atoms with E-state index in [9.17, 15) is 18.0 Å². The van der Waals surface area contributed by atoms with Gasteiger partial charge in [-0.1, -0.05) is 13.8 Å². The van der Waals surface area contributed by atoms with Gasteiger partial charge in [0.1, 0.15) is 6.54 Å². The van der Waals surface area contributed by atoms with E-state index in [1.54, 1.807) is 0 Å². The Morgan fingerprint density at radius 1 is 1.33 bits per heavy atom. The van der Waals surface area contributed by atoms with E-state index in [0.717, 1.165) is 4.90 Å². The number of rotatable bonds is 11. The standard InChI is InChI=1S/C12H24N2O6S/c1-10(2)8-14(9-12(16)17)11(15)7-13-21(18,19)6-4-5-20-3/h10,13H,4-9H2,1-3H3,(H,16,17). The first kappa shape index (κ1) is 19.8. The molecule has 0 aromatic rings. The van der Waals surface area contributed by atoms with Crippen molar-refractivity contribution in [1.82, 2.24) is 9.62 Å². The van der Waals surface area contributed by atoms with Crippen LogP contribution in [-0.4, -0.2) is 69.4 Å². The van der Waals surface area contributed by atoms with E-state index < -0.39 is 35.0 Å². The van der Waals surface area contributed by atoms with Crippen LogP contribution in [0.5, 0.6) is 0 Å². The molecule has 0 aromatic heterocycles. The van der Waals surface area contributed by atoms with Crippen molar-refractivity contribution < 1.29 is 27.9 Å². The van der Waals surface area contributed by atoms with Gasteiger partial charge in [-0.3, -0.25) is 9.59 Å². The van der Waals surface area contributed by atoms with E-state index in [1.807, 2.05) is 13.8 Å². The number of carbonyl (C=O) groups is 2. The number of carbonyl (C=O) groups excluding carboxylic acids is 1. The minimum Gasteiger partial charge on any atom is -0.480 e. The molecule has 2 N–H and O–H groups in total. The molecule has 21 heavy (non-hydrogen) atoms. The lowest BCUT2D eigenvalue weighted by atomic mass is 10.2. The van der Waals surface area contributed by atoms with Crippen molar-refractivity contribution in [3.8, 4) is 0 Å². The summed E-state index contributed by atoms with van der Waals surface area (Å²) < 4.78 is 30.2. The molecular formula is C12H24N2O6S. The summed E-state index contributed by atoms with van der Waals surface area (Å²) in [7, 11) is -2.09. The molecule has 0 aromatic carbocycles. The highest BCUT2D eigenvalue weighted by Gasteiger charge is 2.20. The van der Waals surface area contributed by atoms with Crippen molar-refractivity contribution in [2.45, 2.75) is 20.3 Å². The molecule has 1 amide bonds. The Morgan fingerprint density at radius 2 is 1.95 bits per heavy atom. The molecule has 0 saturated heterocycles. The SMILES string of the molecule is COCCCS(=O)(=O)NCC(=O)N(CC(=O)O)CC(C)C. The number of carboxylic acids is 1. The van der Waals surface area contributed by atoms with Gasteiger partial charge in [0.25, 0.3) is 0 Å². The third-order valence-electron chi connectivity index (χ3n) is 2.47. The van der Waals surface area contributed by atoms with Gasteiger partial charge in [0, 0.05) is 20.3 Å². The summed E-state index contributed by atoms with van der Waals surface area (Å²) in [6.07, 6.45) is 0.324. The fourth-order valence-corrected chi connectivity index (χ4v) is 2.59. The van der Waals surface area contributed by atoms with Gasteiger partial charge in [-0.25, -0.2) is 13.1 Å². The number of sulfonamides is 1. The molecule has 8 nitrogen and oxygen atoms in total. The van der Waals surface area contributed by atoms with Crippen molar-refractivity contribution in [2.24, 2.45) is 5.92 Å². The number of methoxy groups -OCH3 is 1. The highest BCUT2D eigenvalue weighted by molar-refractivity contribution is 7.89. The van der Waals surface area contributed by atoms with Crippen LogP contribution in [0.2, 0.25) is 0 Å². The van der Waals surface area contributed by atoms with Gasteiger partial charge in [0.05, 0.1) is 12.3 Å². The topological polar surface area (TPSA) is 113 Å². The number of nitrogens with one attached hydrogen (secondary N) is 1. The Morgan fingerprint density at radius 3 is 2.43 bits per heavy atom. The highest BCUT2D eigenvalue weighted by Crippen LogP contribution is 2.00. The van der Waals surface area contributed by atoms with Gasteiger partial charge >= 0.3 is 5.97 Å². The number of hydrogen-bond acceptors (Lipinski definition) is 5. The van der Waals surface area contributed by atoms with Crippen LogP contribution >= 0.6 is 0 Å². The van der Waals surface area contributed by atoms with E-state index in [2.05, 4.69) is 4.72 Å². The first-order chi connectivity index (χ1) is 9.68. The number of nitrogens with zero attached hydrogens (tertiary/aromatic N) is 1. The maximum absolute atomic E-state index is 11.9. The number of amides is 1. The van der Waals surface area contributed by atoms with E-state index in [4.69, 9.17) is 9.84 Å². The zero-order valence-electron chi connectivity index (χ0n) is 12.7. The van der Waals surface area contributed by atoms with Gasteiger partial charge in [-0.2, -0.15) is 0 Å². The summed E-state index contributed by atoms with van der Waals surface area (Å²) in [6, 6.07) is 0. The largest absolute Gasteiger partial charge is 0.480 e. The minimum atomic E-state index is -3.56. The van der Waals surface area contributed by atoms with Crippen LogP contribution in [-0.2, 0) is 24.3 Å². The average molecular weight is 324 g/mol. The molecule has 0 spiro atoms. The third-order valence-corrected chi connectivity index (χ3v) is 3.88. The molecule has 9 heteroatoms. The first-order valence-electron chi connectivity index (χ1n) is 6.63. The van der Waals surface area contributed by atoms with Crippen LogP contribution in [0.3, 0.4) is 0 Å². The molecule has 0 fully saturated rings. The number of carboxylic acid groups (broad SMARTS) is 1. The van der Waals surface area contributed by atoms with Gasteiger partial charge in [0.2, 0.25) is 15.9 Å². The molecule has 0 saturated carbocycles. The van der Waals surface area contributed by atoms with Gasteiger partial charge in [-0.05, 0) is 12.3 Å². The van der Waals surface area contributed by atoms with Crippen molar-refractivity contribution in [2.75, 3.05) is 39.1 Å². The van der Waals surface area contributed by atoms with Crippen LogP contribution in [0.1, 0.15) is 20.3 Å². The van der Waals surface area contributed by atoms with Crippen LogP contribution < -0.4 is 4.72 Å². The normalized spacial score (nSPS) is 11.6. The molecule has 0 aliphatic rings. The summed E-state index contributed by atoms with van der Waals surface area (Å²) >= 11 is 0. The maximum Gasteiger partial charge on any atom is 0.323 e. The van der Waals surface area contributed by atoms with E-state index in [0.29, 0.717) is 13.0 Å². The molecule has 0 aliphatic heterocycles. The molecule has 0 rings (SSSR count). The van der Waals surface area contributed by atoms with Crippen molar-refractivity contribution >= 4 is 21.9 Å². The fraction of sp³-hybridized carbons (Fsp3) is 0.833. The van der Waals surface area contributed by atoms with Gasteiger partial charge in [-0.15, -0.1) is 0 Å². The molecule has 0 heterocycles. The summed E-state index contributed by atoms with van der Waals surface area (Å²) in [5.74, 6) is -1.74. The maximum atomic E-state index is 11.9. The predicted octanol–water partition coefficient (Wildman–Crippen LogP) is -0.488. The number of ether oxygens (including phenoxy) is 1. The fourth-order valence-electron chi connectivity index (χ4n) is 1.61. The van der Waals surface area contributed by atoms with Crippen molar-refractivity contribution in [3.63, 3.8) is 0 Å². The van der Waals surface area contributed by atoms with E-state index >= 15 is 0 Å². The number of hydrogen-bond donors (Lipinski definition) is 2. The summed E-state index contributed by atoms with van der Waals surface area (Å²) in [5.41, 5.74) is 0. The lowest BCUT2D eigenvalue weighted by molar-refractivity contribution is -0.144. The van der Waals surface area contributed by atoms with Crippen LogP contribution in [0.4, 0.5) is 0 Å². The van der Waals surface area contributed by atoms with Gasteiger partial charge in [0.15, 0.2) is 0 Å². The molecule has 0 aliphatic carbocycles. The smallest absolute Gasteiger partial charge is 0.323 e. The molecule has 0 unspecified atom stereocenters. The predicted molar refractivity (Wildman–Crippen MR) is 77.3 cm³/mol. The molecule has 0 bridgehead atoms. The highest BCUT2D eigenvalue weighted by atomic mass is 32.2. The van der Waals surface area contributed by atoms with Crippen LogP contribution in [0.25, 0.3) is 0 Å². The number of aliphatic carboxylic acids is 1. The zero-order valence-corrected chi connectivity index (χ0v) is 13.5. The first-order valence-corrected chi connectivity index (χ1v) is 8.29. The Balaban J connectivity index is 4.44. The molecule has 124 valence electrons. The van der Waals surface area contributed by atoms with Crippen LogP contribution in [0, 0.1) is 5.92 Å². The lowest BCUT2D eigenvalue weighted by Gasteiger charge is -2.22. The average Bonchev–Trinajstić information content (AvgIpc) is 2.34. The van der Waals surface area contributed by atoms with E-state index in [-0.39, 0.29) is 18.2 Å². The molecule has 0 radical (unpaired) electrons. The summed E-state index contributed by atoms with van der Waals surface area (Å²) in [4.78, 5) is 23.8. The van der Waals surface area contributed by atoms with E-state index in [1.165, 1.54) is 7.11 Å².